The standard InChI is InChI=1S/C15H19N3O/c1-10(2)12(4)15(19)13-9-11(3)5-6-14(13)18-16-7-8-17-18/h5-10,12H,1-4H3. The van der Waals surface area contributed by atoms with E-state index < -0.39 is 0 Å². The van der Waals surface area contributed by atoms with Crippen molar-refractivity contribution in [1.29, 1.82) is 0 Å². The molecule has 0 fully saturated rings. The van der Waals surface area contributed by atoms with E-state index in [1.54, 1.807) is 12.4 Å². The van der Waals surface area contributed by atoms with Gasteiger partial charge in [-0.2, -0.15) is 15.0 Å². The Morgan fingerprint density at radius 3 is 2.37 bits per heavy atom. The maximum Gasteiger partial charge on any atom is 0.168 e. The van der Waals surface area contributed by atoms with E-state index in [-0.39, 0.29) is 11.7 Å². The molecule has 0 aliphatic heterocycles. The number of benzene rings is 1. The van der Waals surface area contributed by atoms with Gasteiger partial charge in [-0.15, -0.1) is 0 Å². The van der Waals surface area contributed by atoms with E-state index in [9.17, 15) is 4.79 Å². The fraction of sp³-hybridized carbons (Fsp3) is 0.400. The summed E-state index contributed by atoms with van der Waals surface area (Å²) in [6, 6.07) is 5.78. The quantitative estimate of drug-likeness (QED) is 0.791. The van der Waals surface area contributed by atoms with Gasteiger partial charge in [0.25, 0.3) is 0 Å². The number of nitrogens with zero attached hydrogens (tertiary/aromatic N) is 3. The summed E-state index contributed by atoms with van der Waals surface area (Å²) in [4.78, 5) is 14.1. The van der Waals surface area contributed by atoms with Gasteiger partial charge in [0.05, 0.1) is 18.1 Å². The van der Waals surface area contributed by atoms with Crippen LogP contribution in [0.2, 0.25) is 0 Å². The number of aryl methyl sites for hydroxylation is 1. The van der Waals surface area contributed by atoms with Crippen molar-refractivity contribution in [2.24, 2.45) is 11.8 Å². The predicted octanol–water partition coefficient (Wildman–Crippen LogP) is 3.05. The summed E-state index contributed by atoms with van der Waals surface area (Å²) in [5, 5.41) is 8.23. The Balaban J connectivity index is 2.50. The number of rotatable bonds is 4. The second kappa shape index (κ2) is 5.34. The number of aromatic nitrogens is 3. The van der Waals surface area contributed by atoms with Gasteiger partial charge in [0.2, 0.25) is 0 Å². The molecule has 1 aromatic heterocycles. The second-order valence-corrected chi connectivity index (χ2v) is 5.24. The highest BCUT2D eigenvalue weighted by Gasteiger charge is 2.22. The highest BCUT2D eigenvalue weighted by atomic mass is 16.1. The van der Waals surface area contributed by atoms with E-state index in [0.29, 0.717) is 11.5 Å². The molecule has 0 N–H and O–H groups in total. The minimum absolute atomic E-state index is 0.0175. The molecule has 1 unspecified atom stereocenters. The highest BCUT2D eigenvalue weighted by Crippen LogP contribution is 2.22. The summed E-state index contributed by atoms with van der Waals surface area (Å²) in [5.74, 6) is 0.438. The van der Waals surface area contributed by atoms with Gasteiger partial charge in [-0.3, -0.25) is 4.79 Å². The molecule has 0 spiro atoms. The van der Waals surface area contributed by atoms with E-state index in [1.807, 2.05) is 32.0 Å². The summed E-state index contributed by atoms with van der Waals surface area (Å²) in [7, 11) is 0. The van der Waals surface area contributed by atoms with Gasteiger partial charge in [-0.1, -0.05) is 32.4 Å². The van der Waals surface area contributed by atoms with Crippen LogP contribution >= 0.6 is 0 Å². The Hall–Kier alpha value is -1.97. The van der Waals surface area contributed by atoms with Crippen LogP contribution in [0.3, 0.4) is 0 Å². The fourth-order valence-corrected chi connectivity index (χ4v) is 1.91. The Labute approximate surface area is 113 Å². The Morgan fingerprint density at radius 2 is 1.79 bits per heavy atom. The topological polar surface area (TPSA) is 47.8 Å². The molecule has 2 aromatic rings. The highest BCUT2D eigenvalue weighted by molar-refractivity contribution is 6.01. The Kier molecular flexibility index (Phi) is 3.79. The maximum absolute atomic E-state index is 12.6. The van der Waals surface area contributed by atoms with Gasteiger partial charge in [-0.05, 0) is 25.0 Å². The third-order valence-electron chi connectivity index (χ3n) is 3.47. The van der Waals surface area contributed by atoms with E-state index >= 15 is 0 Å². The van der Waals surface area contributed by atoms with Gasteiger partial charge < -0.3 is 0 Å². The Bertz CT molecular complexity index is 573. The Morgan fingerprint density at radius 1 is 1.16 bits per heavy atom. The van der Waals surface area contributed by atoms with E-state index in [1.165, 1.54) is 4.80 Å². The van der Waals surface area contributed by atoms with Crippen molar-refractivity contribution in [3.63, 3.8) is 0 Å². The van der Waals surface area contributed by atoms with Crippen LogP contribution in [-0.2, 0) is 0 Å². The molecule has 0 bridgehead atoms. The van der Waals surface area contributed by atoms with Crippen LogP contribution in [0.5, 0.6) is 0 Å². The lowest BCUT2D eigenvalue weighted by atomic mass is 9.88. The van der Waals surface area contributed by atoms with E-state index in [2.05, 4.69) is 24.0 Å². The van der Waals surface area contributed by atoms with E-state index in [4.69, 9.17) is 0 Å². The summed E-state index contributed by atoms with van der Waals surface area (Å²) in [6.07, 6.45) is 3.22. The van der Waals surface area contributed by atoms with Crippen molar-refractivity contribution in [3.8, 4) is 5.69 Å². The lowest BCUT2D eigenvalue weighted by Crippen LogP contribution is -2.19. The lowest BCUT2D eigenvalue weighted by Gasteiger charge is -2.16. The van der Waals surface area contributed by atoms with Crippen LogP contribution in [0.4, 0.5) is 0 Å². The maximum atomic E-state index is 12.6. The molecule has 4 nitrogen and oxygen atoms in total. The summed E-state index contributed by atoms with van der Waals surface area (Å²) in [6.45, 7) is 8.07. The summed E-state index contributed by atoms with van der Waals surface area (Å²) < 4.78 is 0. The monoisotopic (exact) mass is 257 g/mol. The number of hydrogen-bond donors (Lipinski definition) is 0. The first kappa shape index (κ1) is 13.5. The molecule has 0 saturated heterocycles. The van der Waals surface area contributed by atoms with Crippen LogP contribution in [0, 0.1) is 18.8 Å². The van der Waals surface area contributed by atoms with Gasteiger partial charge >= 0.3 is 0 Å². The third-order valence-corrected chi connectivity index (χ3v) is 3.47. The molecule has 0 aliphatic carbocycles. The van der Waals surface area contributed by atoms with Crippen molar-refractivity contribution in [3.05, 3.63) is 41.7 Å². The second-order valence-electron chi connectivity index (χ2n) is 5.24. The average molecular weight is 257 g/mol. The van der Waals surface area contributed by atoms with Crippen molar-refractivity contribution in [1.82, 2.24) is 15.0 Å². The average Bonchev–Trinajstić information content (AvgIpc) is 2.90. The largest absolute Gasteiger partial charge is 0.294 e. The van der Waals surface area contributed by atoms with Gasteiger partial charge in [-0.25, -0.2) is 0 Å². The third kappa shape index (κ3) is 2.72. The molecule has 1 heterocycles. The molecule has 1 atom stereocenters. The molecular weight excluding hydrogens is 238 g/mol. The molecule has 4 heteroatoms. The molecule has 0 radical (unpaired) electrons. The number of hydrogen-bond acceptors (Lipinski definition) is 3. The molecule has 2 rings (SSSR count). The first-order valence-corrected chi connectivity index (χ1v) is 6.52. The number of carbonyl (C=O) groups excluding carboxylic acids is 1. The molecular formula is C15H19N3O. The smallest absolute Gasteiger partial charge is 0.168 e. The van der Waals surface area contributed by atoms with Crippen LogP contribution in [0.15, 0.2) is 30.6 Å². The molecule has 100 valence electrons. The van der Waals surface area contributed by atoms with Crippen molar-refractivity contribution >= 4 is 5.78 Å². The zero-order valence-electron chi connectivity index (χ0n) is 11.8. The first-order chi connectivity index (χ1) is 9.00. The van der Waals surface area contributed by atoms with Crippen molar-refractivity contribution < 1.29 is 4.79 Å². The fourth-order valence-electron chi connectivity index (χ4n) is 1.91. The minimum Gasteiger partial charge on any atom is -0.294 e. The normalized spacial score (nSPS) is 12.7. The zero-order chi connectivity index (χ0) is 14.0. The van der Waals surface area contributed by atoms with Crippen LogP contribution in [0.1, 0.15) is 36.7 Å². The van der Waals surface area contributed by atoms with Crippen LogP contribution < -0.4 is 0 Å². The van der Waals surface area contributed by atoms with Crippen LogP contribution in [0.25, 0.3) is 5.69 Å². The number of ketones is 1. The zero-order valence-corrected chi connectivity index (χ0v) is 11.8. The van der Waals surface area contributed by atoms with Crippen molar-refractivity contribution in [2.75, 3.05) is 0 Å². The number of Topliss-reactive ketones (excluding diaryl/α,β-unsaturated/α-hetero) is 1. The molecule has 1 aromatic carbocycles. The molecule has 0 aliphatic rings. The lowest BCUT2D eigenvalue weighted by molar-refractivity contribution is 0.0899. The van der Waals surface area contributed by atoms with Gasteiger partial charge in [0.15, 0.2) is 5.78 Å². The molecule has 0 amide bonds. The summed E-state index contributed by atoms with van der Waals surface area (Å²) >= 11 is 0. The summed E-state index contributed by atoms with van der Waals surface area (Å²) in [5.41, 5.74) is 2.50. The number of carbonyl (C=O) groups is 1. The van der Waals surface area contributed by atoms with E-state index in [0.717, 1.165) is 11.3 Å². The molecule has 0 saturated carbocycles. The van der Waals surface area contributed by atoms with Crippen LogP contribution in [-0.4, -0.2) is 20.8 Å². The first-order valence-electron chi connectivity index (χ1n) is 6.52. The van der Waals surface area contributed by atoms with Gasteiger partial charge in [0.1, 0.15) is 0 Å². The van der Waals surface area contributed by atoms with Crippen molar-refractivity contribution in [2.45, 2.75) is 27.7 Å². The predicted molar refractivity (Wildman–Crippen MR) is 74.4 cm³/mol. The molecule has 19 heavy (non-hydrogen) atoms. The van der Waals surface area contributed by atoms with Gasteiger partial charge in [0, 0.05) is 11.5 Å². The minimum atomic E-state index is -0.0175. The SMILES string of the molecule is Cc1ccc(-n2nccn2)c(C(=O)C(C)C(C)C)c1.